The van der Waals surface area contributed by atoms with Gasteiger partial charge in [-0.15, -0.1) is 0 Å². The Labute approximate surface area is 144 Å². The number of rotatable bonds is 6. The van der Waals surface area contributed by atoms with Gasteiger partial charge in [0.1, 0.15) is 4.91 Å². The second-order valence-corrected chi connectivity index (χ2v) is 7.86. The SMILES string of the molecule is CS(=O)(=O)C1=C(O)C(=O)N(CCCC(=O)O)C1c1ccc(Cl)cc1. The van der Waals surface area contributed by atoms with E-state index in [-0.39, 0.29) is 24.3 Å². The first kappa shape index (κ1) is 18.3. The zero-order valence-electron chi connectivity index (χ0n) is 12.8. The molecule has 1 unspecified atom stereocenters. The van der Waals surface area contributed by atoms with Gasteiger partial charge in [-0.1, -0.05) is 23.7 Å². The molecule has 1 heterocycles. The predicted octanol–water partition coefficient (Wildman–Crippen LogP) is 1.90. The van der Waals surface area contributed by atoms with Crippen LogP contribution in [0.15, 0.2) is 34.9 Å². The molecule has 1 aromatic rings. The maximum atomic E-state index is 12.3. The molecule has 0 spiro atoms. The lowest BCUT2D eigenvalue weighted by Gasteiger charge is -2.26. The molecule has 1 aromatic carbocycles. The van der Waals surface area contributed by atoms with E-state index in [0.29, 0.717) is 10.6 Å². The van der Waals surface area contributed by atoms with Crippen LogP contribution in [0.1, 0.15) is 24.4 Å². The van der Waals surface area contributed by atoms with E-state index < -0.39 is 33.5 Å². The number of carbonyl (C=O) groups is 2. The van der Waals surface area contributed by atoms with Gasteiger partial charge >= 0.3 is 5.97 Å². The zero-order valence-corrected chi connectivity index (χ0v) is 14.3. The minimum atomic E-state index is -3.85. The van der Waals surface area contributed by atoms with Crippen LogP contribution in [0, 0.1) is 0 Å². The molecule has 130 valence electrons. The van der Waals surface area contributed by atoms with E-state index in [4.69, 9.17) is 16.7 Å². The minimum Gasteiger partial charge on any atom is -0.502 e. The Morgan fingerprint density at radius 2 is 1.88 bits per heavy atom. The monoisotopic (exact) mass is 373 g/mol. The van der Waals surface area contributed by atoms with Crippen LogP contribution in [0.5, 0.6) is 0 Å². The van der Waals surface area contributed by atoms with Crippen LogP contribution in [-0.4, -0.2) is 48.2 Å². The van der Waals surface area contributed by atoms with Gasteiger partial charge in [-0.25, -0.2) is 8.42 Å². The summed E-state index contributed by atoms with van der Waals surface area (Å²) in [4.78, 5) is 23.7. The molecule has 2 rings (SSSR count). The highest BCUT2D eigenvalue weighted by molar-refractivity contribution is 7.94. The van der Waals surface area contributed by atoms with Crippen LogP contribution in [0.2, 0.25) is 5.02 Å². The maximum absolute atomic E-state index is 12.3. The molecule has 0 fully saturated rings. The molecule has 1 atom stereocenters. The Bertz CT molecular complexity index is 800. The molecule has 0 bridgehead atoms. The highest BCUT2D eigenvalue weighted by atomic mass is 35.5. The average molecular weight is 374 g/mol. The molecule has 7 nitrogen and oxygen atoms in total. The Morgan fingerprint density at radius 3 is 2.38 bits per heavy atom. The minimum absolute atomic E-state index is 0.00149. The van der Waals surface area contributed by atoms with Crippen LogP contribution in [-0.2, 0) is 19.4 Å². The highest BCUT2D eigenvalue weighted by Crippen LogP contribution is 2.40. The summed E-state index contributed by atoms with van der Waals surface area (Å²) in [7, 11) is -3.85. The van der Waals surface area contributed by atoms with Crippen molar-refractivity contribution in [1.82, 2.24) is 4.90 Å². The second-order valence-electron chi connectivity index (χ2n) is 5.43. The largest absolute Gasteiger partial charge is 0.502 e. The number of nitrogens with zero attached hydrogens (tertiary/aromatic N) is 1. The fourth-order valence-electron chi connectivity index (χ4n) is 2.62. The van der Waals surface area contributed by atoms with Gasteiger partial charge in [0.2, 0.25) is 0 Å². The first-order chi connectivity index (χ1) is 11.1. The van der Waals surface area contributed by atoms with Crippen LogP contribution < -0.4 is 0 Å². The van der Waals surface area contributed by atoms with E-state index in [1.54, 1.807) is 24.3 Å². The topological polar surface area (TPSA) is 112 Å². The number of hydrogen-bond donors (Lipinski definition) is 2. The number of hydrogen-bond acceptors (Lipinski definition) is 5. The number of halogens is 1. The number of carboxylic acid groups (broad SMARTS) is 1. The molecule has 0 aliphatic carbocycles. The van der Waals surface area contributed by atoms with Crippen molar-refractivity contribution >= 4 is 33.3 Å². The third kappa shape index (κ3) is 3.70. The standard InChI is InChI=1S/C15H16ClNO6S/c1-24(22,23)14-12(9-4-6-10(16)7-5-9)17(15(21)13(14)20)8-2-3-11(18)19/h4-7,12,20H,2-3,8H2,1H3,(H,18,19). The van der Waals surface area contributed by atoms with E-state index in [0.717, 1.165) is 11.2 Å². The predicted molar refractivity (Wildman–Crippen MR) is 87.3 cm³/mol. The molecule has 0 aromatic heterocycles. The lowest BCUT2D eigenvalue weighted by Crippen LogP contribution is -2.32. The first-order valence-electron chi connectivity index (χ1n) is 7.04. The number of aliphatic hydroxyl groups is 1. The summed E-state index contributed by atoms with van der Waals surface area (Å²) in [6, 6.07) is 5.22. The first-order valence-corrected chi connectivity index (χ1v) is 9.31. The van der Waals surface area contributed by atoms with Gasteiger partial charge in [0.05, 0.1) is 6.04 Å². The molecule has 1 aliphatic heterocycles. The smallest absolute Gasteiger partial charge is 0.303 e. The Kier molecular flexibility index (Phi) is 5.19. The quantitative estimate of drug-likeness (QED) is 0.787. The number of amides is 1. The highest BCUT2D eigenvalue weighted by Gasteiger charge is 2.44. The summed E-state index contributed by atoms with van der Waals surface area (Å²) in [5.74, 6) is -2.68. The molecule has 2 N–H and O–H groups in total. The van der Waals surface area contributed by atoms with Gasteiger partial charge in [0.15, 0.2) is 15.6 Å². The Balaban J connectivity index is 2.45. The molecule has 1 amide bonds. The van der Waals surface area contributed by atoms with Gasteiger partial charge in [-0.2, -0.15) is 0 Å². The van der Waals surface area contributed by atoms with Crippen molar-refractivity contribution in [2.45, 2.75) is 18.9 Å². The molecule has 0 saturated heterocycles. The van der Waals surface area contributed by atoms with E-state index in [1.807, 2.05) is 0 Å². The van der Waals surface area contributed by atoms with Crippen molar-refractivity contribution in [3.05, 3.63) is 45.5 Å². The molecular weight excluding hydrogens is 358 g/mol. The molecule has 1 aliphatic rings. The third-order valence-electron chi connectivity index (χ3n) is 3.63. The van der Waals surface area contributed by atoms with E-state index in [9.17, 15) is 23.1 Å². The fourth-order valence-corrected chi connectivity index (χ4v) is 3.85. The normalized spacial score (nSPS) is 18.3. The van der Waals surface area contributed by atoms with Crippen LogP contribution in [0.4, 0.5) is 0 Å². The van der Waals surface area contributed by atoms with Gasteiger partial charge in [-0.3, -0.25) is 9.59 Å². The number of carbonyl (C=O) groups excluding carboxylic acids is 1. The van der Waals surface area contributed by atoms with Gasteiger partial charge in [0.25, 0.3) is 5.91 Å². The Hall–Kier alpha value is -2.06. The van der Waals surface area contributed by atoms with E-state index in [1.165, 1.54) is 0 Å². The van der Waals surface area contributed by atoms with Gasteiger partial charge < -0.3 is 15.1 Å². The second kappa shape index (κ2) is 6.82. The molecule has 0 saturated carbocycles. The lowest BCUT2D eigenvalue weighted by molar-refractivity contribution is -0.138. The molecular formula is C15H16ClNO6S. The van der Waals surface area contributed by atoms with Crippen molar-refractivity contribution in [3.8, 4) is 0 Å². The fraction of sp³-hybridized carbons (Fsp3) is 0.333. The van der Waals surface area contributed by atoms with E-state index in [2.05, 4.69) is 0 Å². The lowest BCUT2D eigenvalue weighted by atomic mass is 10.1. The van der Waals surface area contributed by atoms with E-state index >= 15 is 0 Å². The summed E-state index contributed by atoms with van der Waals surface area (Å²) in [6.45, 7) is 0.00149. The van der Waals surface area contributed by atoms with Crippen LogP contribution in [0.3, 0.4) is 0 Å². The summed E-state index contributed by atoms with van der Waals surface area (Å²) in [5.41, 5.74) is 0.465. The molecule has 9 heteroatoms. The number of carboxylic acids is 1. The van der Waals surface area contributed by atoms with Crippen molar-refractivity contribution in [2.75, 3.05) is 12.8 Å². The van der Waals surface area contributed by atoms with Gasteiger partial charge in [0, 0.05) is 24.2 Å². The third-order valence-corrected chi connectivity index (χ3v) is 5.10. The van der Waals surface area contributed by atoms with Crippen molar-refractivity contribution < 1.29 is 28.2 Å². The number of aliphatic carboxylic acids is 1. The van der Waals surface area contributed by atoms with Crippen LogP contribution >= 0.6 is 11.6 Å². The number of sulfone groups is 1. The van der Waals surface area contributed by atoms with Gasteiger partial charge in [-0.05, 0) is 24.1 Å². The number of benzene rings is 1. The van der Waals surface area contributed by atoms with Crippen molar-refractivity contribution in [2.24, 2.45) is 0 Å². The van der Waals surface area contributed by atoms with Crippen molar-refractivity contribution in [1.29, 1.82) is 0 Å². The summed E-state index contributed by atoms with van der Waals surface area (Å²) < 4.78 is 24.1. The maximum Gasteiger partial charge on any atom is 0.303 e. The molecule has 24 heavy (non-hydrogen) atoms. The van der Waals surface area contributed by atoms with Crippen molar-refractivity contribution in [3.63, 3.8) is 0 Å². The summed E-state index contributed by atoms with van der Waals surface area (Å²) >= 11 is 5.83. The zero-order chi connectivity index (χ0) is 18.1. The summed E-state index contributed by atoms with van der Waals surface area (Å²) in [5, 5.41) is 19.2. The molecule has 0 radical (unpaired) electrons. The Morgan fingerprint density at radius 1 is 1.29 bits per heavy atom. The van der Waals surface area contributed by atoms with Crippen LogP contribution in [0.25, 0.3) is 0 Å². The summed E-state index contributed by atoms with van der Waals surface area (Å²) in [6.07, 6.45) is 0.872. The average Bonchev–Trinajstić information content (AvgIpc) is 2.72. The number of aliphatic hydroxyl groups excluding tert-OH is 1.